The number of nitrogens with one attached hydrogen (secondary N) is 1. The Morgan fingerprint density at radius 2 is 2.17 bits per heavy atom. The molecule has 0 radical (unpaired) electrons. The number of hydrogen-bond donors (Lipinski definition) is 1. The van der Waals surface area contributed by atoms with Gasteiger partial charge in [0.1, 0.15) is 5.75 Å². The van der Waals surface area contributed by atoms with Crippen LogP contribution in [0.5, 0.6) is 5.75 Å². The monoisotopic (exact) mass is 362 g/mol. The molecule has 3 aromatic rings. The number of carbonyl (C=O) groups is 1. The van der Waals surface area contributed by atoms with Gasteiger partial charge in [-0.05, 0) is 30.3 Å². The van der Waals surface area contributed by atoms with Crippen molar-refractivity contribution in [3.05, 3.63) is 58.8 Å². The Morgan fingerprint density at radius 3 is 2.92 bits per heavy atom. The Morgan fingerprint density at radius 1 is 1.33 bits per heavy atom. The summed E-state index contributed by atoms with van der Waals surface area (Å²) in [4.78, 5) is 16.2. The average molecular weight is 363 g/mol. The van der Waals surface area contributed by atoms with Crippen molar-refractivity contribution >= 4 is 28.8 Å². The largest absolute Gasteiger partial charge is 0.484 e. The Kier molecular flexibility index (Phi) is 5.45. The quantitative estimate of drug-likeness (QED) is 0.701. The SMILES string of the molecule is O=C(COc1ccc(Cl)cc1)NCCc1csc(-n2cccn2)n1. The fraction of sp³-hybridized carbons (Fsp3) is 0.188. The van der Waals surface area contributed by atoms with Crippen molar-refractivity contribution in [3.8, 4) is 10.9 Å². The zero-order valence-corrected chi connectivity index (χ0v) is 14.3. The molecule has 0 saturated heterocycles. The van der Waals surface area contributed by atoms with E-state index in [0.29, 0.717) is 23.7 Å². The predicted molar refractivity (Wildman–Crippen MR) is 92.9 cm³/mol. The molecule has 0 aliphatic heterocycles. The number of carbonyl (C=O) groups excluding carboxylic acids is 1. The number of hydrogen-bond acceptors (Lipinski definition) is 5. The highest BCUT2D eigenvalue weighted by Gasteiger charge is 2.06. The summed E-state index contributed by atoms with van der Waals surface area (Å²) in [6, 6.07) is 8.73. The lowest BCUT2D eigenvalue weighted by Gasteiger charge is -2.07. The highest BCUT2D eigenvalue weighted by atomic mass is 35.5. The number of ether oxygens (including phenoxy) is 1. The third kappa shape index (κ3) is 4.56. The zero-order chi connectivity index (χ0) is 16.8. The first-order chi connectivity index (χ1) is 11.7. The van der Waals surface area contributed by atoms with E-state index in [9.17, 15) is 4.79 Å². The summed E-state index contributed by atoms with van der Waals surface area (Å²) in [5.74, 6) is 0.436. The number of nitrogens with zero attached hydrogens (tertiary/aromatic N) is 3. The fourth-order valence-corrected chi connectivity index (χ4v) is 2.88. The lowest BCUT2D eigenvalue weighted by atomic mass is 10.3. The van der Waals surface area contributed by atoms with Gasteiger partial charge in [0.2, 0.25) is 5.13 Å². The molecule has 0 aliphatic rings. The molecule has 0 bridgehead atoms. The standard InChI is InChI=1S/C16H15ClN4O2S/c17-12-2-4-14(5-3-12)23-10-15(22)18-8-6-13-11-24-16(20-13)21-9-1-7-19-21/h1-5,7,9,11H,6,8,10H2,(H,18,22). The number of rotatable bonds is 7. The second kappa shape index (κ2) is 7.94. The van der Waals surface area contributed by atoms with E-state index in [2.05, 4.69) is 15.4 Å². The highest BCUT2D eigenvalue weighted by molar-refractivity contribution is 7.12. The molecule has 6 nitrogen and oxygen atoms in total. The van der Waals surface area contributed by atoms with Crippen molar-refractivity contribution in [2.24, 2.45) is 0 Å². The fourth-order valence-electron chi connectivity index (χ4n) is 1.96. The van der Waals surface area contributed by atoms with Gasteiger partial charge in [-0.25, -0.2) is 9.67 Å². The molecule has 0 aliphatic carbocycles. The van der Waals surface area contributed by atoms with Gasteiger partial charge >= 0.3 is 0 Å². The normalized spacial score (nSPS) is 10.5. The molecule has 0 unspecified atom stereocenters. The Hall–Kier alpha value is -2.38. The van der Waals surface area contributed by atoms with Gasteiger partial charge in [0, 0.05) is 35.8 Å². The van der Waals surface area contributed by atoms with Gasteiger partial charge in [0.25, 0.3) is 5.91 Å². The number of benzene rings is 1. The van der Waals surface area contributed by atoms with Crippen LogP contribution < -0.4 is 10.1 Å². The Labute approximate surface area is 148 Å². The highest BCUT2D eigenvalue weighted by Crippen LogP contribution is 2.15. The summed E-state index contributed by atoms with van der Waals surface area (Å²) in [6.07, 6.45) is 4.21. The average Bonchev–Trinajstić information content (AvgIpc) is 3.25. The third-order valence-corrected chi connectivity index (χ3v) is 4.26. The Balaban J connectivity index is 1.40. The molecular weight excluding hydrogens is 348 g/mol. The van der Waals surface area contributed by atoms with Crippen LogP contribution in [0, 0.1) is 0 Å². The maximum atomic E-state index is 11.8. The molecule has 1 aromatic carbocycles. The molecular formula is C16H15ClN4O2S. The summed E-state index contributed by atoms with van der Waals surface area (Å²) in [6.45, 7) is 0.475. The minimum Gasteiger partial charge on any atom is -0.484 e. The van der Waals surface area contributed by atoms with E-state index in [-0.39, 0.29) is 12.5 Å². The van der Waals surface area contributed by atoms with Crippen LogP contribution in [0.1, 0.15) is 5.69 Å². The molecule has 0 spiro atoms. The second-order valence-electron chi connectivity index (χ2n) is 4.91. The van der Waals surface area contributed by atoms with Crippen LogP contribution in [0.3, 0.4) is 0 Å². The van der Waals surface area contributed by atoms with Crippen molar-refractivity contribution in [2.45, 2.75) is 6.42 Å². The van der Waals surface area contributed by atoms with Gasteiger partial charge in [0.05, 0.1) is 5.69 Å². The maximum Gasteiger partial charge on any atom is 0.257 e. The second-order valence-corrected chi connectivity index (χ2v) is 6.19. The zero-order valence-electron chi connectivity index (χ0n) is 12.7. The summed E-state index contributed by atoms with van der Waals surface area (Å²) in [7, 11) is 0. The van der Waals surface area contributed by atoms with Gasteiger partial charge in [0.15, 0.2) is 6.61 Å². The van der Waals surface area contributed by atoms with E-state index in [1.54, 1.807) is 35.1 Å². The molecule has 2 heterocycles. The third-order valence-electron chi connectivity index (χ3n) is 3.13. The van der Waals surface area contributed by atoms with Crippen LogP contribution >= 0.6 is 22.9 Å². The maximum absolute atomic E-state index is 11.8. The lowest BCUT2D eigenvalue weighted by Crippen LogP contribution is -2.30. The summed E-state index contributed by atoms with van der Waals surface area (Å²) in [5.41, 5.74) is 0.921. The predicted octanol–water partition coefficient (Wildman–Crippen LogP) is 2.72. The van der Waals surface area contributed by atoms with Crippen LogP contribution in [0.15, 0.2) is 48.1 Å². The molecule has 1 N–H and O–H groups in total. The molecule has 124 valence electrons. The number of aromatic nitrogens is 3. The smallest absolute Gasteiger partial charge is 0.257 e. The van der Waals surface area contributed by atoms with Crippen LogP contribution in [0.4, 0.5) is 0 Å². The van der Waals surface area contributed by atoms with E-state index in [0.717, 1.165) is 10.8 Å². The number of halogens is 1. The summed E-state index contributed by atoms with van der Waals surface area (Å²) >= 11 is 7.31. The lowest BCUT2D eigenvalue weighted by molar-refractivity contribution is -0.123. The topological polar surface area (TPSA) is 69.0 Å². The van der Waals surface area contributed by atoms with Crippen molar-refractivity contribution in [2.75, 3.05) is 13.2 Å². The van der Waals surface area contributed by atoms with Gasteiger partial charge < -0.3 is 10.1 Å². The first kappa shape index (κ1) is 16.5. The molecule has 8 heteroatoms. The minimum absolute atomic E-state index is 0.0305. The molecule has 0 saturated carbocycles. The summed E-state index contributed by atoms with van der Waals surface area (Å²) < 4.78 is 7.10. The van der Waals surface area contributed by atoms with Crippen molar-refractivity contribution < 1.29 is 9.53 Å². The first-order valence-corrected chi connectivity index (χ1v) is 8.56. The van der Waals surface area contributed by atoms with E-state index >= 15 is 0 Å². The molecule has 0 fully saturated rings. The summed E-state index contributed by atoms with van der Waals surface area (Å²) in [5, 5.41) is 10.4. The van der Waals surface area contributed by atoms with Crippen LogP contribution in [0.2, 0.25) is 5.02 Å². The van der Waals surface area contributed by atoms with E-state index in [1.807, 2.05) is 17.6 Å². The van der Waals surface area contributed by atoms with Crippen LogP contribution in [-0.4, -0.2) is 33.8 Å². The molecule has 3 rings (SSSR count). The molecule has 24 heavy (non-hydrogen) atoms. The first-order valence-electron chi connectivity index (χ1n) is 7.30. The van der Waals surface area contributed by atoms with Gasteiger partial charge in [-0.3, -0.25) is 4.79 Å². The van der Waals surface area contributed by atoms with Crippen LogP contribution in [-0.2, 0) is 11.2 Å². The molecule has 1 amide bonds. The number of thiazole rings is 1. The van der Waals surface area contributed by atoms with E-state index in [1.165, 1.54) is 11.3 Å². The van der Waals surface area contributed by atoms with Gasteiger partial charge in [-0.1, -0.05) is 11.6 Å². The van der Waals surface area contributed by atoms with Crippen molar-refractivity contribution in [1.82, 2.24) is 20.1 Å². The van der Waals surface area contributed by atoms with Gasteiger partial charge in [-0.2, -0.15) is 5.10 Å². The van der Waals surface area contributed by atoms with Crippen LogP contribution in [0.25, 0.3) is 5.13 Å². The minimum atomic E-state index is -0.174. The Bertz CT molecular complexity index is 787. The molecule has 2 aromatic heterocycles. The van der Waals surface area contributed by atoms with Crippen molar-refractivity contribution in [3.63, 3.8) is 0 Å². The number of amides is 1. The molecule has 0 atom stereocenters. The van der Waals surface area contributed by atoms with E-state index in [4.69, 9.17) is 16.3 Å². The van der Waals surface area contributed by atoms with E-state index < -0.39 is 0 Å². The van der Waals surface area contributed by atoms with Crippen molar-refractivity contribution in [1.29, 1.82) is 0 Å². The van der Waals surface area contributed by atoms with Gasteiger partial charge in [-0.15, -0.1) is 11.3 Å².